The van der Waals surface area contributed by atoms with Gasteiger partial charge in [-0.3, -0.25) is 0 Å². The lowest BCUT2D eigenvalue weighted by Crippen LogP contribution is -2.44. The summed E-state index contributed by atoms with van der Waals surface area (Å²) in [5, 5.41) is 5.28. The van der Waals surface area contributed by atoms with Crippen molar-refractivity contribution in [2.75, 3.05) is 5.32 Å². The number of nitrogens with one attached hydrogen (secondary N) is 1. The van der Waals surface area contributed by atoms with Crippen LogP contribution in [-0.2, 0) is 6.42 Å². The van der Waals surface area contributed by atoms with Gasteiger partial charge in [0.25, 0.3) is 0 Å². The van der Waals surface area contributed by atoms with Crippen LogP contribution in [0.2, 0.25) is 0 Å². The van der Waals surface area contributed by atoms with E-state index in [0.717, 1.165) is 31.4 Å². The molecule has 1 aromatic heterocycles. The van der Waals surface area contributed by atoms with Crippen LogP contribution in [0.25, 0.3) is 27.3 Å². The van der Waals surface area contributed by atoms with Crippen molar-refractivity contribution in [2.24, 2.45) is 29.4 Å². The maximum absolute atomic E-state index is 7.43. The zero-order chi connectivity index (χ0) is 37.3. The number of nitrogens with two attached hydrogens (primary N) is 1. The highest BCUT2D eigenvalue weighted by Gasteiger charge is 2.36. The molecule has 3 N–H and O–H groups in total. The van der Waals surface area contributed by atoms with Crippen molar-refractivity contribution in [2.45, 2.75) is 75.2 Å². The number of benzene rings is 4. The fourth-order valence-corrected chi connectivity index (χ4v) is 11.8. The van der Waals surface area contributed by atoms with Crippen LogP contribution in [0.1, 0.15) is 80.4 Å². The summed E-state index contributed by atoms with van der Waals surface area (Å²) in [5.41, 5.74) is 19.4. The van der Waals surface area contributed by atoms with E-state index in [0.29, 0.717) is 33.5 Å². The van der Waals surface area contributed by atoms with Gasteiger partial charge in [0.1, 0.15) is 0 Å². The highest BCUT2D eigenvalue weighted by atomic mass is 127. The molecule has 0 radical (unpaired) electrons. The Balaban J connectivity index is 1.07. The monoisotopic (exact) mass is 840 g/mol. The molecule has 0 saturated carbocycles. The minimum atomic E-state index is 0.0621. The van der Waals surface area contributed by atoms with Gasteiger partial charge in [-0.2, -0.15) is 0 Å². The predicted octanol–water partition coefficient (Wildman–Crippen LogP) is 13.7. The average Bonchev–Trinajstić information content (AvgIpc) is 3.57. The van der Waals surface area contributed by atoms with Gasteiger partial charge >= 0.3 is 0 Å². The van der Waals surface area contributed by atoms with E-state index in [1.807, 2.05) is 11.3 Å². The van der Waals surface area contributed by atoms with Crippen LogP contribution in [-0.4, -0.2) is 9.97 Å². The molecule has 54 heavy (non-hydrogen) atoms. The van der Waals surface area contributed by atoms with E-state index in [9.17, 15) is 0 Å². The first-order valence-corrected chi connectivity index (χ1v) is 22.0. The maximum atomic E-state index is 7.43. The Labute approximate surface area is 340 Å². The number of hydrogen-bond donors (Lipinski definition) is 2. The van der Waals surface area contributed by atoms with Crippen molar-refractivity contribution in [3.05, 3.63) is 166 Å². The van der Waals surface area contributed by atoms with Gasteiger partial charge in [0, 0.05) is 36.8 Å². The zero-order valence-corrected chi connectivity index (χ0v) is 35.0. The Morgan fingerprint density at radius 2 is 1.50 bits per heavy atom. The quantitative estimate of drug-likeness (QED) is 0.0835. The number of thiophene rings is 1. The Kier molecular flexibility index (Phi) is 11.2. The average molecular weight is 841 g/mol. The second kappa shape index (κ2) is 16.2. The highest BCUT2D eigenvalue weighted by Crippen LogP contribution is 2.47. The summed E-state index contributed by atoms with van der Waals surface area (Å²) in [7, 11) is 0. The first-order valence-electron chi connectivity index (χ1n) is 19.9. The smallest absolute Gasteiger partial charge is 0.0416 e. The van der Waals surface area contributed by atoms with Crippen LogP contribution in [0.4, 0.5) is 5.69 Å². The van der Waals surface area contributed by atoms with Crippen LogP contribution in [0, 0.1) is 23.7 Å². The Hall–Kier alpha value is -3.71. The fourth-order valence-electron chi connectivity index (χ4n) is 9.18. The lowest BCUT2D eigenvalue weighted by Gasteiger charge is -2.39. The fraction of sp³-hybridized carbons (Fsp3) is 0.320. The summed E-state index contributed by atoms with van der Waals surface area (Å²) >= 11 is 4.68. The normalized spacial score (nSPS) is 24.2. The Bertz CT molecular complexity index is 2210. The minimum absolute atomic E-state index is 0.0621. The molecule has 5 aromatic rings. The Morgan fingerprint density at radius 1 is 0.778 bits per heavy atom. The largest absolute Gasteiger partial charge is 0.355 e. The van der Waals surface area contributed by atoms with Gasteiger partial charge < -0.3 is 11.1 Å². The number of alkyl halides is 1. The van der Waals surface area contributed by atoms with Crippen molar-refractivity contribution in [3.63, 3.8) is 0 Å². The molecule has 1 heterocycles. The SMILES string of the molecule is CC1C=CC(Nc2ccc([C@H](C(N)C3CC(C)C=CC3C)[C@H](I)Cc3ccc(-c4ccccc4)cc3)cc2)=C(C2=Cc3c(sc4ccccc34)C(C)C2)C1. The molecule has 0 fully saturated rings. The molecule has 6 unspecified atom stereocenters. The van der Waals surface area contributed by atoms with Crippen LogP contribution in [0.15, 0.2) is 144 Å². The number of hydrogen-bond acceptors (Lipinski definition) is 3. The number of anilines is 1. The lowest BCUT2D eigenvalue weighted by atomic mass is 9.70. The van der Waals surface area contributed by atoms with Gasteiger partial charge in [-0.25, -0.2) is 0 Å². The van der Waals surface area contributed by atoms with Gasteiger partial charge in [-0.1, -0.05) is 153 Å². The molecule has 276 valence electrons. The molecular formula is C50H53IN2S. The lowest BCUT2D eigenvalue weighted by molar-refractivity contribution is 0.253. The molecule has 4 heteroatoms. The Morgan fingerprint density at radius 3 is 2.28 bits per heavy atom. The standard InChI is InChI=1S/C50H53IN2S/c1-31-14-16-33(3)42(26-31)49(52)48(45(51)29-35-17-19-37(20-18-35)36-10-6-5-7-11-36)38-21-23-40(24-22-38)53-46-25-15-32(2)27-43(46)39-28-34(4)50-44(30-39)41-12-8-9-13-47(41)54-50/h5-25,30-34,42,45,48-49,53H,26-29,52H2,1-4H3/t31?,32?,33?,34?,42?,45-,48+,49?/m1/s1. The maximum Gasteiger partial charge on any atom is 0.0416 e. The summed E-state index contributed by atoms with van der Waals surface area (Å²) in [5.74, 6) is 2.74. The summed E-state index contributed by atoms with van der Waals surface area (Å²) in [4.78, 5) is 1.53. The molecule has 0 aliphatic heterocycles. The molecule has 0 amide bonds. The van der Waals surface area contributed by atoms with E-state index in [-0.39, 0.29) is 12.0 Å². The van der Waals surface area contributed by atoms with Crippen molar-refractivity contribution >= 4 is 55.8 Å². The van der Waals surface area contributed by atoms with Crippen molar-refractivity contribution in [3.8, 4) is 11.1 Å². The summed E-state index contributed by atoms with van der Waals surface area (Å²) in [6, 6.07) is 38.1. The highest BCUT2D eigenvalue weighted by molar-refractivity contribution is 14.1. The molecular weight excluding hydrogens is 788 g/mol. The van der Waals surface area contributed by atoms with Crippen LogP contribution >= 0.6 is 33.9 Å². The third kappa shape index (κ3) is 7.85. The minimum Gasteiger partial charge on any atom is -0.355 e. The van der Waals surface area contributed by atoms with Crippen molar-refractivity contribution in [1.29, 1.82) is 0 Å². The van der Waals surface area contributed by atoms with Crippen LogP contribution in [0.5, 0.6) is 0 Å². The van der Waals surface area contributed by atoms with E-state index in [2.05, 4.69) is 189 Å². The van der Waals surface area contributed by atoms with Crippen LogP contribution in [0.3, 0.4) is 0 Å². The topological polar surface area (TPSA) is 38.0 Å². The zero-order valence-electron chi connectivity index (χ0n) is 32.0. The van der Waals surface area contributed by atoms with E-state index in [4.69, 9.17) is 5.73 Å². The molecule has 8 atom stereocenters. The van der Waals surface area contributed by atoms with Gasteiger partial charge in [-0.15, -0.1) is 11.3 Å². The van der Waals surface area contributed by atoms with Crippen molar-refractivity contribution < 1.29 is 0 Å². The molecule has 3 aliphatic carbocycles. The van der Waals surface area contributed by atoms with Crippen molar-refractivity contribution in [1.82, 2.24) is 0 Å². The second-order valence-electron chi connectivity index (χ2n) is 16.3. The third-order valence-corrected chi connectivity index (χ3v) is 14.8. The molecule has 3 aliphatic rings. The third-order valence-electron chi connectivity index (χ3n) is 12.2. The van der Waals surface area contributed by atoms with Gasteiger partial charge in [-0.05, 0) is 130 Å². The summed E-state index contributed by atoms with van der Waals surface area (Å²) in [6.07, 6.45) is 16.2. The molecule has 0 bridgehead atoms. The van der Waals surface area contributed by atoms with E-state index in [1.165, 1.54) is 59.6 Å². The first kappa shape index (κ1) is 37.2. The molecule has 4 aromatic carbocycles. The van der Waals surface area contributed by atoms with Gasteiger partial charge in [0.05, 0.1) is 0 Å². The first-order chi connectivity index (χ1) is 26.2. The number of fused-ring (bicyclic) bond motifs is 3. The molecule has 2 nitrogen and oxygen atoms in total. The second-order valence-corrected chi connectivity index (χ2v) is 19.0. The van der Waals surface area contributed by atoms with E-state index in [1.54, 1.807) is 0 Å². The molecule has 0 spiro atoms. The van der Waals surface area contributed by atoms with E-state index < -0.39 is 0 Å². The number of halogens is 1. The van der Waals surface area contributed by atoms with Gasteiger partial charge in [0.2, 0.25) is 0 Å². The molecule has 8 rings (SSSR count). The number of rotatable bonds is 10. The van der Waals surface area contributed by atoms with Crippen LogP contribution < -0.4 is 11.1 Å². The van der Waals surface area contributed by atoms with Gasteiger partial charge in [0.15, 0.2) is 0 Å². The number of allylic oxidation sites excluding steroid dienone is 6. The summed E-state index contributed by atoms with van der Waals surface area (Å²) < 4.78 is 1.75. The predicted molar refractivity (Wildman–Crippen MR) is 243 cm³/mol. The van der Waals surface area contributed by atoms with E-state index >= 15 is 0 Å². The molecule has 0 saturated heterocycles. The summed E-state index contributed by atoms with van der Waals surface area (Å²) in [6.45, 7) is 9.44.